The standard InChI is InChI=1S/C42H82NO8P/c1-3-5-7-9-11-13-15-17-18-19-20-21-22-23-25-26-28-30-32-34-41(44)48-38-40(39-50-52(46,47)49-37-36-43)51-42(45)35-33-31-29-27-24-16-14-12-10-8-6-4-2/h17-18,40H,3-16,19-39,43H2,1-2H3,(H,46,47)/b18-17-/t40-/m1/s1. The number of hydrogen-bond donors (Lipinski definition) is 2. The highest BCUT2D eigenvalue weighted by molar-refractivity contribution is 7.47. The number of carbonyl (C=O) groups excluding carboxylic acids is 2. The molecule has 0 bridgehead atoms. The Labute approximate surface area is 319 Å². The Kier molecular flexibility index (Phi) is 38.5. The lowest BCUT2D eigenvalue weighted by Crippen LogP contribution is -2.29. The maximum Gasteiger partial charge on any atom is 0.472 e. The highest BCUT2D eigenvalue weighted by Crippen LogP contribution is 2.43. The van der Waals surface area contributed by atoms with Crippen molar-refractivity contribution in [2.45, 2.75) is 219 Å². The second-order valence-corrected chi connectivity index (χ2v) is 16.0. The maximum atomic E-state index is 12.5. The van der Waals surface area contributed by atoms with Crippen LogP contribution in [0.5, 0.6) is 0 Å². The Bertz CT molecular complexity index is 871. The van der Waals surface area contributed by atoms with Gasteiger partial charge in [0, 0.05) is 19.4 Å². The van der Waals surface area contributed by atoms with Crippen LogP contribution in [-0.4, -0.2) is 49.3 Å². The molecule has 0 fully saturated rings. The maximum absolute atomic E-state index is 12.5. The van der Waals surface area contributed by atoms with Crippen LogP contribution in [0.2, 0.25) is 0 Å². The number of allylic oxidation sites excluding steroid dienone is 2. The number of hydrogen-bond acceptors (Lipinski definition) is 8. The molecule has 2 atom stereocenters. The molecule has 0 saturated carbocycles. The van der Waals surface area contributed by atoms with E-state index >= 15 is 0 Å². The molecule has 0 amide bonds. The number of rotatable bonds is 41. The van der Waals surface area contributed by atoms with Gasteiger partial charge in [0.05, 0.1) is 13.2 Å². The fraction of sp³-hybridized carbons (Fsp3) is 0.905. The van der Waals surface area contributed by atoms with Crippen molar-refractivity contribution in [1.29, 1.82) is 0 Å². The van der Waals surface area contributed by atoms with E-state index in [1.54, 1.807) is 0 Å². The van der Waals surface area contributed by atoms with Crippen LogP contribution in [0.1, 0.15) is 213 Å². The van der Waals surface area contributed by atoms with Gasteiger partial charge < -0.3 is 20.1 Å². The minimum Gasteiger partial charge on any atom is -0.462 e. The third-order valence-electron chi connectivity index (χ3n) is 9.40. The molecule has 10 heteroatoms. The van der Waals surface area contributed by atoms with Crippen LogP contribution in [0, 0.1) is 0 Å². The first-order valence-corrected chi connectivity index (χ1v) is 23.2. The summed E-state index contributed by atoms with van der Waals surface area (Å²) in [6.07, 6.45) is 39.5. The Balaban J connectivity index is 4.08. The van der Waals surface area contributed by atoms with Gasteiger partial charge in [0.1, 0.15) is 6.61 Å². The first kappa shape index (κ1) is 50.8. The van der Waals surface area contributed by atoms with E-state index in [0.717, 1.165) is 32.1 Å². The smallest absolute Gasteiger partial charge is 0.462 e. The molecule has 0 spiro atoms. The lowest BCUT2D eigenvalue weighted by molar-refractivity contribution is -0.161. The zero-order valence-corrected chi connectivity index (χ0v) is 34.7. The van der Waals surface area contributed by atoms with Crippen LogP contribution in [0.25, 0.3) is 0 Å². The second-order valence-electron chi connectivity index (χ2n) is 14.6. The summed E-state index contributed by atoms with van der Waals surface area (Å²) in [4.78, 5) is 34.8. The minimum absolute atomic E-state index is 0.0560. The van der Waals surface area contributed by atoms with Crippen LogP contribution in [0.4, 0.5) is 0 Å². The molecule has 0 rings (SSSR count). The van der Waals surface area contributed by atoms with Crippen molar-refractivity contribution in [3.05, 3.63) is 12.2 Å². The molecule has 0 aliphatic rings. The third-order valence-corrected chi connectivity index (χ3v) is 10.4. The predicted molar refractivity (Wildman–Crippen MR) is 215 cm³/mol. The van der Waals surface area contributed by atoms with E-state index in [9.17, 15) is 19.0 Å². The lowest BCUT2D eigenvalue weighted by Gasteiger charge is -2.19. The van der Waals surface area contributed by atoms with Crippen LogP contribution >= 0.6 is 7.82 Å². The molecule has 0 aromatic carbocycles. The Hall–Kier alpha value is -1.25. The van der Waals surface area contributed by atoms with Crippen molar-refractivity contribution in [3.8, 4) is 0 Å². The summed E-state index contributed by atoms with van der Waals surface area (Å²) in [5.41, 5.74) is 5.34. The Morgan fingerprint density at radius 1 is 0.558 bits per heavy atom. The molecule has 0 radical (unpaired) electrons. The highest BCUT2D eigenvalue weighted by Gasteiger charge is 2.26. The number of ether oxygens (including phenoxy) is 2. The fourth-order valence-electron chi connectivity index (χ4n) is 6.16. The van der Waals surface area contributed by atoms with E-state index < -0.39 is 26.5 Å². The molecule has 0 saturated heterocycles. The van der Waals surface area contributed by atoms with Gasteiger partial charge in [0.2, 0.25) is 0 Å². The number of unbranched alkanes of at least 4 members (excludes halogenated alkanes) is 26. The summed E-state index contributed by atoms with van der Waals surface area (Å²) in [6, 6.07) is 0. The first-order chi connectivity index (χ1) is 25.3. The normalized spacial score (nSPS) is 13.4. The summed E-state index contributed by atoms with van der Waals surface area (Å²) >= 11 is 0. The number of carbonyl (C=O) groups is 2. The predicted octanol–water partition coefficient (Wildman–Crippen LogP) is 12.2. The molecule has 0 aliphatic carbocycles. The van der Waals surface area contributed by atoms with Crippen molar-refractivity contribution in [2.24, 2.45) is 5.73 Å². The Morgan fingerprint density at radius 3 is 1.37 bits per heavy atom. The molecular formula is C42H82NO8P. The van der Waals surface area contributed by atoms with E-state index in [1.807, 2.05) is 0 Å². The molecule has 3 N–H and O–H groups in total. The molecule has 308 valence electrons. The van der Waals surface area contributed by atoms with Crippen molar-refractivity contribution >= 4 is 19.8 Å². The van der Waals surface area contributed by atoms with Gasteiger partial charge in [-0.15, -0.1) is 0 Å². The van der Waals surface area contributed by atoms with Crippen molar-refractivity contribution < 1.29 is 37.6 Å². The molecule has 1 unspecified atom stereocenters. The SMILES string of the molecule is CCCCCCCC/C=C\CCCCCCCCCCCC(=O)OC[C@H](COP(=O)(O)OCCN)OC(=O)CCCCCCCCCCCCCC. The summed E-state index contributed by atoms with van der Waals surface area (Å²) in [5.74, 6) is -0.822. The fourth-order valence-corrected chi connectivity index (χ4v) is 6.92. The molecule has 9 nitrogen and oxygen atoms in total. The Morgan fingerprint density at radius 2 is 0.942 bits per heavy atom. The molecule has 0 heterocycles. The first-order valence-electron chi connectivity index (χ1n) is 21.7. The van der Waals surface area contributed by atoms with Crippen LogP contribution in [0.15, 0.2) is 12.2 Å². The molecule has 52 heavy (non-hydrogen) atoms. The molecule has 0 aromatic heterocycles. The van der Waals surface area contributed by atoms with Gasteiger partial charge in [-0.1, -0.05) is 174 Å². The van der Waals surface area contributed by atoms with E-state index in [2.05, 4.69) is 26.0 Å². The average molecular weight is 760 g/mol. The summed E-state index contributed by atoms with van der Waals surface area (Å²) in [7, 11) is -4.37. The number of nitrogens with two attached hydrogens (primary N) is 1. The second kappa shape index (κ2) is 39.4. The largest absolute Gasteiger partial charge is 0.472 e. The van der Waals surface area contributed by atoms with E-state index in [-0.39, 0.29) is 38.6 Å². The zero-order valence-electron chi connectivity index (χ0n) is 33.8. The average Bonchev–Trinajstić information content (AvgIpc) is 3.13. The van der Waals surface area contributed by atoms with Crippen LogP contribution < -0.4 is 5.73 Å². The molecule has 0 aliphatic heterocycles. The van der Waals surface area contributed by atoms with Gasteiger partial charge in [-0.05, 0) is 38.5 Å². The summed E-state index contributed by atoms with van der Waals surface area (Å²) in [5, 5.41) is 0. The van der Waals surface area contributed by atoms with Crippen molar-refractivity contribution in [3.63, 3.8) is 0 Å². The van der Waals surface area contributed by atoms with E-state index in [1.165, 1.54) is 148 Å². The monoisotopic (exact) mass is 760 g/mol. The van der Waals surface area contributed by atoms with Gasteiger partial charge in [0.15, 0.2) is 6.10 Å². The molecule has 0 aromatic rings. The number of phosphoric ester groups is 1. The van der Waals surface area contributed by atoms with Gasteiger partial charge in [-0.2, -0.15) is 0 Å². The summed E-state index contributed by atoms with van der Waals surface area (Å²) < 4.78 is 32.7. The van der Waals surface area contributed by atoms with E-state index in [4.69, 9.17) is 24.3 Å². The quantitative estimate of drug-likeness (QED) is 0.0270. The van der Waals surface area contributed by atoms with Crippen molar-refractivity contribution in [1.82, 2.24) is 0 Å². The zero-order chi connectivity index (χ0) is 38.2. The molecular weight excluding hydrogens is 677 g/mol. The van der Waals surface area contributed by atoms with Gasteiger partial charge in [-0.25, -0.2) is 4.57 Å². The van der Waals surface area contributed by atoms with Gasteiger partial charge in [0.25, 0.3) is 0 Å². The topological polar surface area (TPSA) is 134 Å². The van der Waals surface area contributed by atoms with Gasteiger partial charge >= 0.3 is 19.8 Å². The minimum atomic E-state index is -4.37. The van der Waals surface area contributed by atoms with Gasteiger partial charge in [-0.3, -0.25) is 18.6 Å². The number of esters is 2. The summed E-state index contributed by atoms with van der Waals surface area (Å²) in [6.45, 7) is 3.74. The third kappa shape index (κ3) is 38.5. The lowest BCUT2D eigenvalue weighted by atomic mass is 10.0. The van der Waals surface area contributed by atoms with Crippen LogP contribution in [0.3, 0.4) is 0 Å². The van der Waals surface area contributed by atoms with E-state index in [0.29, 0.717) is 6.42 Å². The van der Waals surface area contributed by atoms with Crippen LogP contribution in [-0.2, 0) is 32.7 Å². The van der Waals surface area contributed by atoms with Crippen molar-refractivity contribution in [2.75, 3.05) is 26.4 Å². The number of phosphoric acid groups is 1. The highest BCUT2D eigenvalue weighted by atomic mass is 31.2.